The molecular formula is C12H24O6S2. The van der Waals surface area contributed by atoms with Crippen molar-refractivity contribution in [3.05, 3.63) is 12.2 Å². The molecular weight excluding hydrogens is 304 g/mol. The third-order valence-electron chi connectivity index (χ3n) is 2.17. The highest BCUT2D eigenvalue weighted by Gasteiger charge is 2.08. The van der Waals surface area contributed by atoms with E-state index in [1.807, 2.05) is 0 Å². The van der Waals surface area contributed by atoms with E-state index >= 15 is 0 Å². The van der Waals surface area contributed by atoms with E-state index in [1.165, 1.54) is 0 Å². The molecule has 120 valence electrons. The van der Waals surface area contributed by atoms with E-state index in [0.29, 0.717) is 25.7 Å². The van der Waals surface area contributed by atoms with Gasteiger partial charge < -0.3 is 0 Å². The van der Waals surface area contributed by atoms with Crippen LogP contribution >= 0.6 is 0 Å². The van der Waals surface area contributed by atoms with Crippen molar-refractivity contribution in [2.45, 2.75) is 39.5 Å². The molecule has 0 aliphatic rings. The minimum atomic E-state index is -3.39. The molecule has 0 heterocycles. The van der Waals surface area contributed by atoms with Crippen LogP contribution in [0.15, 0.2) is 12.2 Å². The molecule has 0 rings (SSSR count). The van der Waals surface area contributed by atoms with Crippen molar-refractivity contribution < 1.29 is 25.2 Å². The third-order valence-corrected chi connectivity index (χ3v) is 5.04. The van der Waals surface area contributed by atoms with Gasteiger partial charge in [-0.1, -0.05) is 26.0 Å². The second-order valence-electron chi connectivity index (χ2n) is 4.22. The Labute approximate surface area is 122 Å². The summed E-state index contributed by atoms with van der Waals surface area (Å²) in [5.74, 6) is 0.0552. The van der Waals surface area contributed by atoms with Gasteiger partial charge in [0.2, 0.25) is 0 Å². The van der Waals surface area contributed by atoms with Crippen LogP contribution in [0.25, 0.3) is 0 Å². The normalized spacial score (nSPS) is 13.1. The van der Waals surface area contributed by atoms with Crippen LogP contribution in [0.5, 0.6) is 0 Å². The molecule has 20 heavy (non-hydrogen) atoms. The zero-order chi connectivity index (χ0) is 15.5. The first-order valence-corrected chi connectivity index (χ1v) is 9.87. The molecule has 0 N–H and O–H groups in total. The van der Waals surface area contributed by atoms with Gasteiger partial charge in [-0.3, -0.25) is 8.37 Å². The van der Waals surface area contributed by atoms with Crippen LogP contribution < -0.4 is 0 Å². The van der Waals surface area contributed by atoms with Gasteiger partial charge in [0.05, 0.1) is 24.7 Å². The molecule has 0 saturated heterocycles. The van der Waals surface area contributed by atoms with Gasteiger partial charge in [-0.25, -0.2) is 0 Å². The summed E-state index contributed by atoms with van der Waals surface area (Å²) in [5, 5.41) is 0. The quantitative estimate of drug-likeness (QED) is 0.309. The average molecular weight is 328 g/mol. The first-order valence-electron chi connectivity index (χ1n) is 6.72. The monoisotopic (exact) mass is 328 g/mol. The van der Waals surface area contributed by atoms with Gasteiger partial charge in [0.1, 0.15) is 0 Å². The van der Waals surface area contributed by atoms with E-state index in [1.54, 1.807) is 26.0 Å². The van der Waals surface area contributed by atoms with Crippen LogP contribution in [-0.2, 0) is 28.6 Å². The van der Waals surface area contributed by atoms with Crippen LogP contribution in [-0.4, -0.2) is 41.6 Å². The number of hydrogen-bond acceptors (Lipinski definition) is 6. The van der Waals surface area contributed by atoms with E-state index in [4.69, 9.17) is 8.37 Å². The van der Waals surface area contributed by atoms with Crippen LogP contribution in [0, 0.1) is 0 Å². The fourth-order valence-corrected chi connectivity index (χ4v) is 3.28. The zero-order valence-corrected chi connectivity index (χ0v) is 13.7. The molecule has 0 aliphatic carbocycles. The lowest BCUT2D eigenvalue weighted by molar-refractivity contribution is 0.320. The topological polar surface area (TPSA) is 86.7 Å². The maximum absolute atomic E-state index is 11.2. The van der Waals surface area contributed by atoms with Crippen LogP contribution in [0.2, 0.25) is 0 Å². The van der Waals surface area contributed by atoms with E-state index in [9.17, 15) is 16.8 Å². The minimum Gasteiger partial charge on any atom is -0.270 e. The molecule has 0 saturated carbocycles. The van der Waals surface area contributed by atoms with Gasteiger partial charge in [0.25, 0.3) is 20.2 Å². The van der Waals surface area contributed by atoms with E-state index in [-0.39, 0.29) is 24.7 Å². The molecule has 0 atom stereocenters. The lowest BCUT2D eigenvalue weighted by atomic mass is 10.3. The lowest BCUT2D eigenvalue weighted by Gasteiger charge is -2.02. The second-order valence-corrected chi connectivity index (χ2v) is 7.73. The summed E-state index contributed by atoms with van der Waals surface area (Å²) in [6, 6.07) is 0. The Morgan fingerprint density at radius 1 is 0.750 bits per heavy atom. The van der Waals surface area contributed by atoms with Gasteiger partial charge in [-0.15, -0.1) is 0 Å². The van der Waals surface area contributed by atoms with E-state index in [0.717, 1.165) is 0 Å². The molecule has 0 aliphatic heterocycles. The highest BCUT2D eigenvalue weighted by molar-refractivity contribution is 7.86. The zero-order valence-electron chi connectivity index (χ0n) is 12.1. The summed E-state index contributed by atoms with van der Waals surface area (Å²) in [7, 11) is -6.79. The molecule has 0 fully saturated rings. The summed E-state index contributed by atoms with van der Waals surface area (Å²) in [6.45, 7) is 3.75. The van der Waals surface area contributed by atoms with Crippen molar-refractivity contribution in [2.24, 2.45) is 0 Å². The second kappa shape index (κ2) is 10.3. The fourth-order valence-electron chi connectivity index (χ4n) is 1.34. The van der Waals surface area contributed by atoms with Crippen molar-refractivity contribution in [2.75, 3.05) is 24.7 Å². The molecule has 6 nitrogen and oxygen atoms in total. The minimum absolute atomic E-state index is 0.0276. The van der Waals surface area contributed by atoms with E-state index < -0.39 is 20.2 Å². The van der Waals surface area contributed by atoms with E-state index in [2.05, 4.69) is 0 Å². The molecule has 0 radical (unpaired) electrons. The largest absolute Gasteiger partial charge is 0.270 e. The maximum Gasteiger partial charge on any atom is 0.267 e. The number of hydrogen-bond donors (Lipinski definition) is 0. The van der Waals surface area contributed by atoms with Crippen molar-refractivity contribution in [1.82, 2.24) is 0 Å². The van der Waals surface area contributed by atoms with Crippen LogP contribution in [0.1, 0.15) is 39.5 Å². The first-order chi connectivity index (χ1) is 9.33. The summed E-state index contributed by atoms with van der Waals surface area (Å²) in [5.41, 5.74) is 0. The molecule has 0 amide bonds. The van der Waals surface area contributed by atoms with Crippen molar-refractivity contribution in [3.63, 3.8) is 0 Å². The predicted molar refractivity (Wildman–Crippen MR) is 78.4 cm³/mol. The SMILES string of the molecule is CCCS(=O)(=O)OCCC=CCCOS(=O)(=O)CCC. The predicted octanol–water partition coefficient (Wildman–Crippen LogP) is 1.84. The van der Waals surface area contributed by atoms with Gasteiger partial charge in [0.15, 0.2) is 0 Å². The Bertz CT molecular complexity index is 420. The first kappa shape index (κ1) is 19.6. The molecule has 0 aromatic carbocycles. The summed E-state index contributed by atoms with van der Waals surface area (Å²) in [6.07, 6.45) is 5.48. The molecule has 0 bridgehead atoms. The van der Waals surface area contributed by atoms with Gasteiger partial charge in [-0.2, -0.15) is 16.8 Å². The van der Waals surface area contributed by atoms with Gasteiger partial charge in [0, 0.05) is 0 Å². The maximum atomic E-state index is 11.2. The van der Waals surface area contributed by atoms with Gasteiger partial charge >= 0.3 is 0 Å². The average Bonchev–Trinajstić information content (AvgIpc) is 2.32. The Balaban J connectivity index is 3.69. The molecule has 0 spiro atoms. The standard InChI is InChI=1S/C12H24O6S2/c1-3-11-19(13,14)17-9-7-5-6-8-10-18-20(15,16)12-4-2/h5-6H,3-4,7-12H2,1-2H3. The summed E-state index contributed by atoms with van der Waals surface area (Å²) in [4.78, 5) is 0. The molecule has 8 heteroatoms. The molecule has 0 unspecified atom stereocenters. The van der Waals surface area contributed by atoms with Crippen LogP contribution in [0.3, 0.4) is 0 Å². The Kier molecular flexibility index (Phi) is 10.1. The van der Waals surface area contributed by atoms with Crippen molar-refractivity contribution >= 4 is 20.2 Å². The Hall–Kier alpha value is -0.440. The summed E-state index contributed by atoms with van der Waals surface area (Å²) < 4.78 is 54.3. The highest BCUT2D eigenvalue weighted by Crippen LogP contribution is 2.00. The number of rotatable bonds is 12. The molecule has 0 aromatic heterocycles. The molecule has 0 aromatic rings. The third kappa shape index (κ3) is 11.4. The smallest absolute Gasteiger partial charge is 0.267 e. The van der Waals surface area contributed by atoms with Crippen molar-refractivity contribution in [1.29, 1.82) is 0 Å². The Morgan fingerprint density at radius 3 is 1.40 bits per heavy atom. The fraction of sp³-hybridized carbons (Fsp3) is 0.833. The van der Waals surface area contributed by atoms with Gasteiger partial charge in [-0.05, 0) is 25.7 Å². The highest BCUT2D eigenvalue weighted by atomic mass is 32.2. The summed E-state index contributed by atoms with van der Waals surface area (Å²) >= 11 is 0. The van der Waals surface area contributed by atoms with Crippen molar-refractivity contribution in [3.8, 4) is 0 Å². The van der Waals surface area contributed by atoms with Crippen LogP contribution in [0.4, 0.5) is 0 Å². The lowest BCUT2D eigenvalue weighted by Crippen LogP contribution is -2.10. The Morgan fingerprint density at radius 2 is 1.10 bits per heavy atom.